The van der Waals surface area contributed by atoms with Gasteiger partial charge in [-0.25, -0.2) is 4.98 Å². The first-order valence-electron chi connectivity index (χ1n) is 3.70. The minimum atomic E-state index is -0.257. The summed E-state index contributed by atoms with van der Waals surface area (Å²) in [7, 11) is 3.02. The van der Waals surface area contributed by atoms with Crippen molar-refractivity contribution >= 4 is 11.6 Å². The SMILES string of the molecule is CNC(=O)c1cnc(OC)cc1N. The lowest BCUT2D eigenvalue weighted by atomic mass is 10.2. The molecule has 5 heteroatoms. The number of carbonyl (C=O) groups is 1. The van der Waals surface area contributed by atoms with E-state index in [1.807, 2.05) is 0 Å². The van der Waals surface area contributed by atoms with Gasteiger partial charge in [0.1, 0.15) is 0 Å². The number of pyridine rings is 1. The average molecular weight is 181 g/mol. The Morgan fingerprint density at radius 3 is 2.85 bits per heavy atom. The fourth-order valence-corrected chi connectivity index (χ4v) is 0.887. The van der Waals surface area contributed by atoms with Crippen molar-refractivity contribution in [1.82, 2.24) is 10.3 Å². The minimum Gasteiger partial charge on any atom is -0.481 e. The summed E-state index contributed by atoms with van der Waals surface area (Å²) in [5.41, 5.74) is 6.30. The lowest BCUT2D eigenvalue weighted by Crippen LogP contribution is -2.19. The van der Waals surface area contributed by atoms with Crippen molar-refractivity contribution in [2.24, 2.45) is 0 Å². The number of hydrogen-bond acceptors (Lipinski definition) is 4. The van der Waals surface area contributed by atoms with Crippen LogP contribution in [-0.4, -0.2) is 25.0 Å². The molecule has 0 fully saturated rings. The van der Waals surface area contributed by atoms with Crippen LogP contribution in [0.25, 0.3) is 0 Å². The summed E-state index contributed by atoms with van der Waals surface area (Å²) >= 11 is 0. The van der Waals surface area contributed by atoms with Crippen LogP contribution in [0.5, 0.6) is 5.88 Å². The summed E-state index contributed by atoms with van der Waals surface area (Å²) in [6.45, 7) is 0. The zero-order valence-electron chi connectivity index (χ0n) is 7.50. The number of aromatic nitrogens is 1. The fraction of sp³-hybridized carbons (Fsp3) is 0.250. The number of nitrogen functional groups attached to an aromatic ring is 1. The largest absolute Gasteiger partial charge is 0.481 e. The topological polar surface area (TPSA) is 77.2 Å². The van der Waals surface area contributed by atoms with Crippen LogP contribution in [0.1, 0.15) is 10.4 Å². The van der Waals surface area contributed by atoms with Gasteiger partial charge in [0.25, 0.3) is 5.91 Å². The number of anilines is 1. The molecule has 0 radical (unpaired) electrons. The van der Waals surface area contributed by atoms with Gasteiger partial charge in [0.2, 0.25) is 5.88 Å². The third kappa shape index (κ3) is 1.87. The first-order chi connectivity index (χ1) is 6.19. The van der Waals surface area contributed by atoms with E-state index in [-0.39, 0.29) is 5.91 Å². The molecule has 0 atom stereocenters. The zero-order chi connectivity index (χ0) is 9.84. The molecule has 1 amide bonds. The van der Waals surface area contributed by atoms with Crippen molar-refractivity contribution in [1.29, 1.82) is 0 Å². The number of ether oxygens (including phenoxy) is 1. The highest BCUT2D eigenvalue weighted by molar-refractivity contribution is 5.98. The summed E-state index contributed by atoms with van der Waals surface area (Å²) in [6.07, 6.45) is 1.38. The van der Waals surface area contributed by atoms with E-state index in [1.165, 1.54) is 26.4 Å². The second-order valence-corrected chi connectivity index (χ2v) is 2.39. The van der Waals surface area contributed by atoms with Gasteiger partial charge < -0.3 is 15.8 Å². The van der Waals surface area contributed by atoms with Crippen molar-refractivity contribution in [2.45, 2.75) is 0 Å². The first-order valence-corrected chi connectivity index (χ1v) is 3.70. The van der Waals surface area contributed by atoms with Gasteiger partial charge in [0.15, 0.2) is 0 Å². The molecule has 0 saturated heterocycles. The normalized spacial score (nSPS) is 9.38. The Hall–Kier alpha value is -1.78. The van der Waals surface area contributed by atoms with Crippen LogP contribution in [0.15, 0.2) is 12.3 Å². The number of nitrogens with zero attached hydrogens (tertiary/aromatic N) is 1. The molecular weight excluding hydrogens is 170 g/mol. The second-order valence-electron chi connectivity index (χ2n) is 2.39. The molecule has 0 bridgehead atoms. The maximum Gasteiger partial charge on any atom is 0.254 e. The smallest absolute Gasteiger partial charge is 0.254 e. The van der Waals surface area contributed by atoms with Gasteiger partial charge in [-0.2, -0.15) is 0 Å². The lowest BCUT2D eigenvalue weighted by molar-refractivity contribution is 0.0963. The van der Waals surface area contributed by atoms with E-state index < -0.39 is 0 Å². The highest BCUT2D eigenvalue weighted by Gasteiger charge is 2.08. The second kappa shape index (κ2) is 3.75. The van der Waals surface area contributed by atoms with Gasteiger partial charge >= 0.3 is 0 Å². The third-order valence-electron chi connectivity index (χ3n) is 1.59. The van der Waals surface area contributed by atoms with Crippen LogP contribution < -0.4 is 15.8 Å². The number of nitrogens with one attached hydrogen (secondary N) is 1. The molecule has 1 aromatic rings. The van der Waals surface area contributed by atoms with Crippen molar-refractivity contribution in [3.63, 3.8) is 0 Å². The van der Waals surface area contributed by atoms with Gasteiger partial charge in [-0.3, -0.25) is 4.79 Å². The molecule has 5 nitrogen and oxygen atoms in total. The quantitative estimate of drug-likeness (QED) is 0.674. The standard InChI is InChI=1S/C8H11N3O2/c1-10-8(12)5-4-11-7(13-2)3-6(5)9/h3-4H,1-2H3,(H2,9,11)(H,10,12). The third-order valence-corrected chi connectivity index (χ3v) is 1.59. The van der Waals surface area contributed by atoms with Crippen molar-refractivity contribution in [3.8, 4) is 5.88 Å². The first kappa shape index (κ1) is 9.31. The molecule has 0 aromatic carbocycles. The van der Waals surface area contributed by atoms with E-state index in [9.17, 15) is 4.79 Å². The number of amides is 1. The number of nitrogens with two attached hydrogens (primary N) is 1. The van der Waals surface area contributed by atoms with Crippen LogP contribution in [0.2, 0.25) is 0 Å². The average Bonchev–Trinajstić information content (AvgIpc) is 2.16. The monoisotopic (exact) mass is 181 g/mol. The highest BCUT2D eigenvalue weighted by atomic mass is 16.5. The molecule has 1 heterocycles. The molecule has 0 saturated carbocycles. The molecular formula is C8H11N3O2. The molecule has 13 heavy (non-hydrogen) atoms. The van der Waals surface area contributed by atoms with Crippen LogP contribution in [0.3, 0.4) is 0 Å². The van der Waals surface area contributed by atoms with E-state index in [2.05, 4.69) is 10.3 Å². The summed E-state index contributed by atoms with van der Waals surface area (Å²) in [6, 6.07) is 1.50. The minimum absolute atomic E-state index is 0.257. The molecule has 3 N–H and O–H groups in total. The van der Waals surface area contributed by atoms with Crippen LogP contribution in [0.4, 0.5) is 5.69 Å². The fourth-order valence-electron chi connectivity index (χ4n) is 0.887. The Labute approximate surface area is 75.9 Å². The van der Waals surface area contributed by atoms with E-state index in [0.717, 1.165) is 0 Å². The lowest BCUT2D eigenvalue weighted by Gasteiger charge is -2.04. The molecule has 0 unspecified atom stereocenters. The number of rotatable bonds is 2. The van der Waals surface area contributed by atoms with Gasteiger partial charge in [0.05, 0.1) is 18.4 Å². The van der Waals surface area contributed by atoms with Crippen LogP contribution >= 0.6 is 0 Å². The number of carbonyl (C=O) groups excluding carboxylic acids is 1. The van der Waals surface area contributed by atoms with Gasteiger partial charge in [-0.05, 0) is 0 Å². The molecule has 0 aliphatic rings. The summed E-state index contributed by atoms with van der Waals surface area (Å²) in [5.74, 6) is 0.137. The number of methoxy groups -OCH3 is 1. The van der Waals surface area contributed by atoms with Gasteiger partial charge in [-0.1, -0.05) is 0 Å². The van der Waals surface area contributed by atoms with Crippen LogP contribution in [-0.2, 0) is 0 Å². The van der Waals surface area contributed by atoms with Crippen LogP contribution in [0, 0.1) is 0 Å². The van der Waals surface area contributed by atoms with Crippen molar-refractivity contribution < 1.29 is 9.53 Å². The van der Waals surface area contributed by atoms with E-state index in [1.54, 1.807) is 0 Å². The van der Waals surface area contributed by atoms with E-state index in [0.29, 0.717) is 17.1 Å². The molecule has 0 aliphatic heterocycles. The zero-order valence-corrected chi connectivity index (χ0v) is 7.50. The predicted octanol–water partition coefficient (Wildman–Crippen LogP) is 0.0320. The van der Waals surface area contributed by atoms with Gasteiger partial charge in [-0.15, -0.1) is 0 Å². The Balaban J connectivity index is 3.05. The maximum absolute atomic E-state index is 11.2. The van der Waals surface area contributed by atoms with Crippen molar-refractivity contribution in [2.75, 3.05) is 19.9 Å². The highest BCUT2D eigenvalue weighted by Crippen LogP contribution is 2.15. The van der Waals surface area contributed by atoms with E-state index in [4.69, 9.17) is 10.5 Å². The Morgan fingerprint density at radius 1 is 1.69 bits per heavy atom. The summed E-state index contributed by atoms with van der Waals surface area (Å²) < 4.78 is 4.84. The Bertz CT molecular complexity index is 325. The number of hydrogen-bond donors (Lipinski definition) is 2. The molecule has 1 rings (SSSR count). The van der Waals surface area contributed by atoms with E-state index >= 15 is 0 Å². The molecule has 70 valence electrons. The molecule has 0 spiro atoms. The maximum atomic E-state index is 11.2. The van der Waals surface area contributed by atoms with Crippen molar-refractivity contribution in [3.05, 3.63) is 17.8 Å². The molecule has 1 aromatic heterocycles. The summed E-state index contributed by atoms with van der Waals surface area (Å²) in [4.78, 5) is 15.0. The summed E-state index contributed by atoms with van der Waals surface area (Å²) in [5, 5.41) is 2.46. The molecule has 0 aliphatic carbocycles. The predicted molar refractivity (Wildman–Crippen MR) is 48.6 cm³/mol. The Morgan fingerprint density at radius 2 is 2.38 bits per heavy atom. The Kier molecular flexibility index (Phi) is 2.69. The van der Waals surface area contributed by atoms with Gasteiger partial charge in [0, 0.05) is 19.3 Å².